The molecule has 1 aromatic carbocycles. The number of nitrogens with zero attached hydrogens (tertiary/aromatic N) is 3. The number of pyridine rings is 1. The molecule has 5 nitrogen and oxygen atoms in total. The molecule has 0 unspecified atom stereocenters. The summed E-state index contributed by atoms with van der Waals surface area (Å²) in [5.41, 5.74) is 1.67. The van der Waals surface area contributed by atoms with Crippen LogP contribution in [0.2, 0.25) is 0 Å². The van der Waals surface area contributed by atoms with Crippen molar-refractivity contribution in [3.05, 3.63) is 47.2 Å². The van der Waals surface area contributed by atoms with Gasteiger partial charge in [-0.2, -0.15) is 0 Å². The van der Waals surface area contributed by atoms with Gasteiger partial charge >= 0.3 is 0 Å². The Balaban J connectivity index is 2.28. The molecule has 0 aliphatic rings. The fourth-order valence-corrected chi connectivity index (χ4v) is 2.20. The van der Waals surface area contributed by atoms with Crippen molar-refractivity contribution in [1.29, 1.82) is 0 Å². The molecule has 0 fully saturated rings. The normalized spacial score (nSPS) is 12.3. The molecule has 1 heterocycles. The highest BCUT2D eigenvalue weighted by Crippen LogP contribution is 2.34. The molecular weight excluding hydrogens is 340 g/mol. The first-order valence-corrected chi connectivity index (χ1v) is 8.26. The number of ether oxygens (including phenoxy) is 2. The van der Waals surface area contributed by atoms with Crippen LogP contribution >= 0.6 is 0 Å². The number of benzene rings is 1. The van der Waals surface area contributed by atoms with Crippen molar-refractivity contribution >= 4 is 12.0 Å². The van der Waals surface area contributed by atoms with E-state index in [9.17, 15) is 8.78 Å². The van der Waals surface area contributed by atoms with Gasteiger partial charge in [-0.1, -0.05) is 0 Å². The lowest BCUT2D eigenvalue weighted by Gasteiger charge is -2.17. The van der Waals surface area contributed by atoms with Gasteiger partial charge in [-0.05, 0) is 38.5 Å². The van der Waals surface area contributed by atoms with Gasteiger partial charge in [-0.3, -0.25) is 0 Å². The van der Waals surface area contributed by atoms with Crippen molar-refractivity contribution in [3.8, 4) is 11.6 Å². The third-order valence-corrected chi connectivity index (χ3v) is 3.87. The van der Waals surface area contributed by atoms with Crippen LogP contribution in [0.3, 0.4) is 0 Å². The van der Waals surface area contributed by atoms with E-state index in [1.807, 2.05) is 18.9 Å². The van der Waals surface area contributed by atoms with Crippen LogP contribution in [-0.4, -0.2) is 36.9 Å². The lowest BCUT2D eigenvalue weighted by atomic mass is 10.1. The van der Waals surface area contributed by atoms with Crippen molar-refractivity contribution in [1.82, 2.24) is 9.88 Å². The van der Waals surface area contributed by atoms with Crippen LogP contribution in [0.25, 0.3) is 0 Å². The van der Waals surface area contributed by atoms with E-state index in [-0.39, 0.29) is 5.88 Å². The zero-order chi connectivity index (χ0) is 19.3. The molecule has 0 aliphatic heterocycles. The number of methoxy groups -OCH3 is 1. The first-order valence-electron chi connectivity index (χ1n) is 8.26. The Kier molecular flexibility index (Phi) is 6.49. The van der Waals surface area contributed by atoms with Gasteiger partial charge in [0.1, 0.15) is 17.7 Å². The molecule has 0 saturated heterocycles. The minimum Gasteiger partial charge on any atom is -0.491 e. The fourth-order valence-electron chi connectivity index (χ4n) is 2.20. The molecule has 2 aromatic rings. The Bertz CT molecular complexity index is 776. The largest absolute Gasteiger partial charge is 0.491 e. The molecule has 26 heavy (non-hydrogen) atoms. The summed E-state index contributed by atoms with van der Waals surface area (Å²) in [7, 11) is 3.41. The van der Waals surface area contributed by atoms with Gasteiger partial charge in [0.2, 0.25) is 0 Å². The minimum atomic E-state index is -0.656. The van der Waals surface area contributed by atoms with Gasteiger partial charge in [0, 0.05) is 25.7 Å². The van der Waals surface area contributed by atoms with E-state index in [1.54, 1.807) is 26.3 Å². The molecule has 7 heteroatoms. The predicted octanol–water partition coefficient (Wildman–Crippen LogP) is 4.43. The maximum absolute atomic E-state index is 13.4. The SMILES string of the molecule is CCN(C)C=Nc1cc(OC)c(O[C@@H](C)c2cc(F)cc(F)c2)nc1C. The quantitative estimate of drug-likeness (QED) is 0.539. The van der Waals surface area contributed by atoms with Crippen LogP contribution in [0.5, 0.6) is 11.6 Å². The van der Waals surface area contributed by atoms with Crippen molar-refractivity contribution in [2.75, 3.05) is 20.7 Å². The molecule has 2 rings (SSSR count). The van der Waals surface area contributed by atoms with Crippen LogP contribution < -0.4 is 9.47 Å². The van der Waals surface area contributed by atoms with Gasteiger partial charge in [0.15, 0.2) is 5.75 Å². The summed E-state index contributed by atoms with van der Waals surface area (Å²) >= 11 is 0. The highest BCUT2D eigenvalue weighted by Gasteiger charge is 2.16. The maximum Gasteiger partial charge on any atom is 0.257 e. The van der Waals surface area contributed by atoms with Gasteiger partial charge in [-0.15, -0.1) is 0 Å². The smallest absolute Gasteiger partial charge is 0.257 e. The monoisotopic (exact) mass is 363 g/mol. The van der Waals surface area contributed by atoms with Crippen molar-refractivity contribution in [2.24, 2.45) is 4.99 Å². The van der Waals surface area contributed by atoms with Crippen LogP contribution in [-0.2, 0) is 0 Å². The number of hydrogen-bond acceptors (Lipinski definition) is 4. The summed E-state index contributed by atoms with van der Waals surface area (Å²) in [5.74, 6) is -0.678. The van der Waals surface area contributed by atoms with E-state index >= 15 is 0 Å². The molecule has 0 N–H and O–H groups in total. The summed E-state index contributed by atoms with van der Waals surface area (Å²) in [6.45, 7) is 6.34. The second-order valence-corrected chi connectivity index (χ2v) is 5.88. The molecule has 0 bridgehead atoms. The Labute approximate surface area is 152 Å². The Hall–Kier alpha value is -2.70. The number of aromatic nitrogens is 1. The second-order valence-electron chi connectivity index (χ2n) is 5.88. The zero-order valence-electron chi connectivity index (χ0n) is 15.6. The zero-order valence-corrected chi connectivity index (χ0v) is 15.6. The first kappa shape index (κ1) is 19.6. The molecule has 0 amide bonds. The average molecular weight is 363 g/mol. The summed E-state index contributed by atoms with van der Waals surface area (Å²) < 4.78 is 37.9. The Morgan fingerprint density at radius 3 is 2.46 bits per heavy atom. The van der Waals surface area contributed by atoms with E-state index in [4.69, 9.17) is 9.47 Å². The summed E-state index contributed by atoms with van der Waals surface area (Å²) in [4.78, 5) is 10.7. The van der Waals surface area contributed by atoms with Gasteiger partial charge < -0.3 is 14.4 Å². The van der Waals surface area contributed by atoms with E-state index < -0.39 is 17.7 Å². The number of hydrogen-bond donors (Lipinski definition) is 0. The number of aryl methyl sites for hydroxylation is 1. The van der Waals surface area contributed by atoms with Crippen LogP contribution in [0.1, 0.15) is 31.2 Å². The molecule has 0 radical (unpaired) electrons. The third kappa shape index (κ3) is 4.91. The fraction of sp³-hybridized carbons (Fsp3) is 0.368. The number of rotatable bonds is 7. The molecule has 1 atom stereocenters. The molecule has 140 valence electrons. The maximum atomic E-state index is 13.4. The van der Waals surface area contributed by atoms with Crippen LogP contribution in [0.4, 0.5) is 14.5 Å². The average Bonchev–Trinajstić information content (AvgIpc) is 2.59. The van der Waals surface area contributed by atoms with Gasteiger partial charge in [0.05, 0.1) is 24.8 Å². The Morgan fingerprint density at radius 1 is 1.23 bits per heavy atom. The first-order chi connectivity index (χ1) is 12.3. The van der Waals surface area contributed by atoms with Crippen LogP contribution in [0.15, 0.2) is 29.3 Å². The van der Waals surface area contributed by atoms with E-state index in [2.05, 4.69) is 9.98 Å². The van der Waals surface area contributed by atoms with E-state index in [0.29, 0.717) is 22.7 Å². The lowest BCUT2D eigenvalue weighted by molar-refractivity contribution is 0.205. The standard InChI is InChI=1S/C19H23F2N3O2/c1-6-24(4)11-22-17-10-18(25-5)19(23-12(17)2)26-13(3)14-7-15(20)9-16(21)8-14/h7-11,13H,6H2,1-5H3/t13-/m0/s1. The van der Waals surface area contributed by atoms with Crippen molar-refractivity contribution in [3.63, 3.8) is 0 Å². The minimum absolute atomic E-state index is 0.241. The van der Waals surface area contributed by atoms with E-state index in [1.165, 1.54) is 19.2 Å². The number of halogens is 2. The summed E-state index contributed by atoms with van der Waals surface area (Å²) in [5, 5.41) is 0. The predicted molar refractivity (Wildman–Crippen MR) is 97.4 cm³/mol. The van der Waals surface area contributed by atoms with Crippen molar-refractivity contribution in [2.45, 2.75) is 26.9 Å². The lowest BCUT2D eigenvalue weighted by Crippen LogP contribution is -2.14. The molecule has 1 aromatic heterocycles. The second kappa shape index (κ2) is 8.60. The van der Waals surface area contributed by atoms with Crippen molar-refractivity contribution < 1.29 is 18.3 Å². The third-order valence-electron chi connectivity index (χ3n) is 3.87. The topological polar surface area (TPSA) is 47.0 Å². The summed E-state index contributed by atoms with van der Waals surface area (Å²) in [6, 6.07) is 4.99. The Morgan fingerprint density at radius 2 is 1.88 bits per heavy atom. The molecule has 0 saturated carbocycles. The molecule has 0 aliphatic carbocycles. The van der Waals surface area contributed by atoms with Gasteiger partial charge in [-0.25, -0.2) is 18.8 Å². The molecular formula is C19H23F2N3O2. The van der Waals surface area contributed by atoms with Crippen LogP contribution in [0, 0.1) is 18.6 Å². The molecule has 0 spiro atoms. The summed E-state index contributed by atoms with van der Waals surface area (Å²) in [6.07, 6.45) is 1.10. The highest BCUT2D eigenvalue weighted by atomic mass is 19.1. The highest BCUT2D eigenvalue weighted by molar-refractivity contribution is 5.63. The number of aliphatic imine (C=N–C) groups is 1. The van der Waals surface area contributed by atoms with E-state index in [0.717, 1.165) is 12.6 Å². The van der Waals surface area contributed by atoms with Gasteiger partial charge in [0.25, 0.3) is 5.88 Å².